The van der Waals surface area contributed by atoms with Gasteiger partial charge in [0.05, 0.1) is 14.2 Å². The Morgan fingerprint density at radius 2 is 1.56 bits per heavy atom. The van der Waals surface area contributed by atoms with E-state index in [0.29, 0.717) is 27.6 Å². The van der Waals surface area contributed by atoms with Gasteiger partial charge in [-0.25, -0.2) is 14.0 Å². The van der Waals surface area contributed by atoms with Gasteiger partial charge in [-0.1, -0.05) is 12.2 Å². The minimum absolute atomic E-state index is 0.114. The molecule has 8 heteroatoms. The molecule has 162 valence electrons. The summed E-state index contributed by atoms with van der Waals surface area (Å²) in [6.45, 7) is 0. The average Bonchev–Trinajstić information content (AvgIpc) is 3.51. The zero-order valence-electron chi connectivity index (χ0n) is 17.5. The first-order valence-corrected chi connectivity index (χ1v) is 10.1. The molecule has 0 bridgehead atoms. The van der Waals surface area contributed by atoms with Gasteiger partial charge < -0.3 is 24.4 Å². The molecule has 32 heavy (non-hydrogen) atoms. The van der Waals surface area contributed by atoms with E-state index in [1.165, 1.54) is 26.4 Å². The Labute approximate surface area is 181 Å². The van der Waals surface area contributed by atoms with Gasteiger partial charge in [0.1, 0.15) is 17.2 Å². The van der Waals surface area contributed by atoms with Crippen LogP contribution in [0, 0.1) is 5.82 Å². The molecule has 0 aliphatic heterocycles. The number of esters is 2. The van der Waals surface area contributed by atoms with Crippen molar-refractivity contribution in [2.24, 2.45) is 0 Å². The van der Waals surface area contributed by atoms with Gasteiger partial charge in [0.15, 0.2) is 0 Å². The predicted molar refractivity (Wildman–Crippen MR) is 118 cm³/mol. The Balaban J connectivity index is 1.92. The molecular formula is C24H20FN3O4. The minimum atomic E-state index is -0.632. The van der Waals surface area contributed by atoms with E-state index < -0.39 is 11.9 Å². The highest BCUT2D eigenvalue weighted by atomic mass is 19.1. The van der Waals surface area contributed by atoms with Gasteiger partial charge in [-0.3, -0.25) is 0 Å². The van der Waals surface area contributed by atoms with Crippen molar-refractivity contribution in [2.45, 2.75) is 12.8 Å². The summed E-state index contributed by atoms with van der Waals surface area (Å²) in [5.41, 5.74) is 3.22. The fourth-order valence-corrected chi connectivity index (χ4v) is 4.36. The highest BCUT2D eigenvalue weighted by Gasteiger charge is 2.30. The van der Waals surface area contributed by atoms with Crippen LogP contribution in [0.15, 0.2) is 30.6 Å². The lowest BCUT2D eigenvalue weighted by molar-refractivity contribution is 0.0591. The van der Waals surface area contributed by atoms with Crippen molar-refractivity contribution in [2.75, 3.05) is 14.2 Å². The first kappa shape index (κ1) is 19.9. The SMILES string of the molecule is COC(=O)c1[nH]c(C(=O)OC)c(-c2c[nH]c3cc(F)ccc23)c1-c1c[nH]c2c1=CCCC=2. The number of aromatic amines is 3. The molecule has 1 aromatic carbocycles. The van der Waals surface area contributed by atoms with Crippen LogP contribution in [-0.2, 0) is 9.47 Å². The number of rotatable bonds is 4. The molecule has 0 spiro atoms. The molecule has 3 heterocycles. The molecule has 0 radical (unpaired) electrons. The van der Waals surface area contributed by atoms with Crippen LogP contribution in [0.3, 0.4) is 0 Å². The average molecular weight is 433 g/mol. The fraction of sp³-hybridized carbons (Fsp3) is 0.167. The highest BCUT2D eigenvalue weighted by molar-refractivity contribution is 6.12. The van der Waals surface area contributed by atoms with E-state index in [-0.39, 0.29) is 17.2 Å². The predicted octanol–water partition coefficient (Wildman–Crippen LogP) is 3.23. The molecule has 5 rings (SSSR count). The number of fused-ring (bicyclic) bond motifs is 2. The Bertz CT molecular complexity index is 1510. The molecule has 0 atom stereocenters. The lowest BCUT2D eigenvalue weighted by atomic mass is 9.94. The van der Waals surface area contributed by atoms with Crippen LogP contribution in [0.4, 0.5) is 4.39 Å². The summed E-state index contributed by atoms with van der Waals surface area (Å²) in [5.74, 6) is -1.63. The van der Waals surface area contributed by atoms with Gasteiger partial charge in [0, 0.05) is 56.1 Å². The summed E-state index contributed by atoms with van der Waals surface area (Å²) in [6, 6.07) is 4.37. The third kappa shape index (κ3) is 2.95. The molecule has 0 amide bonds. The van der Waals surface area contributed by atoms with Crippen molar-refractivity contribution >= 4 is 35.0 Å². The maximum atomic E-state index is 13.8. The second-order valence-corrected chi connectivity index (χ2v) is 7.52. The lowest BCUT2D eigenvalue weighted by Gasteiger charge is -2.08. The van der Waals surface area contributed by atoms with E-state index in [4.69, 9.17) is 9.47 Å². The van der Waals surface area contributed by atoms with Crippen LogP contribution in [0.25, 0.3) is 45.3 Å². The quantitative estimate of drug-likeness (QED) is 0.430. The molecule has 3 aromatic heterocycles. The van der Waals surface area contributed by atoms with Crippen LogP contribution in [0.1, 0.15) is 33.8 Å². The van der Waals surface area contributed by atoms with Gasteiger partial charge in [-0.05, 0) is 31.0 Å². The molecule has 7 nitrogen and oxygen atoms in total. The second-order valence-electron chi connectivity index (χ2n) is 7.52. The van der Waals surface area contributed by atoms with Crippen LogP contribution < -0.4 is 10.6 Å². The zero-order chi connectivity index (χ0) is 22.4. The van der Waals surface area contributed by atoms with E-state index in [2.05, 4.69) is 27.1 Å². The summed E-state index contributed by atoms with van der Waals surface area (Å²) >= 11 is 0. The Morgan fingerprint density at radius 3 is 2.28 bits per heavy atom. The summed E-state index contributed by atoms with van der Waals surface area (Å²) < 4.78 is 23.8. The van der Waals surface area contributed by atoms with Crippen molar-refractivity contribution in [3.05, 3.63) is 58.4 Å². The maximum absolute atomic E-state index is 13.8. The van der Waals surface area contributed by atoms with Gasteiger partial charge >= 0.3 is 11.9 Å². The van der Waals surface area contributed by atoms with E-state index in [1.807, 2.05) is 6.20 Å². The number of benzene rings is 1. The number of ether oxygens (including phenoxy) is 2. The number of hydrogen-bond acceptors (Lipinski definition) is 4. The monoisotopic (exact) mass is 433 g/mol. The molecule has 1 aliphatic rings. The van der Waals surface area contributed by atoms with Gasteiger partial charge in [-0.2, -0.15) is 0 Å². The molecule has 1 aliphatic carbocycles. The van der Waals surface area contributed by atoms with Crippen molar-refractivity contribution in [3.8, 4) is 22.3 Å². The number of halogens is 1. The Hall–Kier alpha value is -4.07. The standard InChI is InChI=1S/C24H20FN3O4/c1-31-23(29)21-19(15-10-26-17-6-4-3-5-13(15)17)20(22(28-21)24(30)32-2)16-11-27-18-9-12(25)7-8-14(16)18/h5-11,26-28H,3-4H2,1-2H3. The molecule has 4 aromatic rings. The van der Waals surface area contributed by atoms with Crippen molar-refractivity contribution in [1.29, 1.82) is 0 Å². The van der Waals surface area contributed by atoms with E-state index in [0.717, 1.165) is 29.0 Å². The number of methoxy groups -OCH3 is 2. The molecular weight excluding hydrogens is 413 g/mol. The molecule has 0 fully saturated rings. The zero-order valence-corrected chi connectivity index (χ0v) is 17.5. The van der Waals surface area contributed by atoms with Crippen molar-refractivity contribution < 1.29 is 23.5 Å². The number of hydrogen-bond donors (Lipinski definition) is 3. The van der Waals surface area contributed by atoms with Crippen LogP contribution in [0.5, 0.6) is 0 Å². The summed E-state index contributed by atoms with van der Waals surface area (Å²) in [4.78, 5) is 34.8. The highest BCUT2D eigenvalue weighted by Crippen LogP contribution is 2.40. The molecule has 3 N–H and O–H groups in total. The Morgan fingerprint density at radius 1 is 0.906 bits per heavy atom. The largest absolute Gasteiger partial charge is 0.464 e. The van der Waals surface area contributed by atoms with E-state index >= 15 is 0 Å². The van der Waals surface area contributed by atoms with Crippen LogP contribution in [-0.4, -0.2) is 41.1 Å². The topological polar surface area (TPSA) is 100.0 Å². The van der Waals surface area contributed by atoms with Gasteiger partial charge in [0.2, 0.25) is 0 Å². The van der Waals surface area contributed by atoms with E-state index in [1.54, 1.807) is 12.3 Å². The van der Waals surface area contributed by atoms with Crippen LogP contribution >= 0.6 is 0 Å². The van der Waals surface area contributed by atoms with Crippen molar-refractivity contribution in [3.63, 3.8) is 0 Å². The number of nitrogens with one attached hydrogen (secondary N) is 3. The third-order valence-electron chi connectivity index (χ3n) is 5.78. The van der Waals surface area contributed by atoms with Gasteiger partial charge in [-0.15, -0.1) is 0 Å². The number of carbonyl (C=O) groups is 2. The number of H-pyrrole nitrogens is 3. The Kier molecular flexibility index (Phi) is 4.70. The second kappa shape index (κ2) is 7.56. The minimum Gasteiger partial charge on any atom is -0.464 e. The van der Waals surface area contributed by atoms with E-state index in [9.17, 15) is 14.0 Å². The summed E-state index contributed by atoms with van der Waals surface area (Å²) in [7, 11) is 2.56. The first-order chi connectivity index (χ1) is 15.5. The summed E-state index contributed by atoms with van der Waals surface area (Å²) in [6.07, 6.45) is 9.48. The lowest BCUT2D eigenvalue weighted by Crippen LogP contribution is -2.26. The third-order valence-corrected chi connectivity index (χ3v) is 5.78. The van der Waals surface area contributed by atoms with Gasteiger partial charge in [0.25, 0.3) is 0 Å². The van der Waals surface area contributed by atoms with Crippen LogP contribution in [0.2, 0.25) is 0 Å². The van der Waals surface area contributed by atoms with Crippen molar-refractivity contribution in [1.82, 2.24) is 15.0 Å². The maximum Gasteiger partial charge on any atom is 0.355 e. The summed E-state index contributed by atoms with van der Waals surface area (Å²) in [5, 5.41) is 2.60. The molecule has 0 saturated carbocycles. The normalized spacial score (nSPS) is 12.7. The number of aromatic nitrogens is 3. The fourth-order valence-electron chi connectivity index (χ4n) is 4.36. The smallest absolute Gasteiger partial charge is 0.355 e. The first-order valence-electron chi connectivity index (χ1n) is 10.1. The number of carbonyl (C=O) groups excluding carboxylic acids is 2. The molecule has 0 saturated heterocycles. The molecule has 0 unspecified atom stereocenters.